The maximum Gasteiger partial charge on any atom is 0.220 e. The number of benzene rings is 1. The number of unbranched alkanes of at least 4 members (excludes halogenated alkanes) is 2. The fourth-order valence-corrected chi connectivity index (χ4v) is 1.95. The van der Waals surface area contributed by atoms with Gasteiger partial charge in [-0.3, -0.25) is 4.79 Å². The molecule has 1 aromatic rings. The van der Waals surface area contributed by atoms with E-state index in [4.69, 9.17) is 0 Å². The van der Waals surface area contributed by atoms with Crippen LogP contribution in [0.3, 0.4) is 0 Å². The van der Waals surface area contributed by atoms with E-state index in [-0.39, 0.29) is 5.91 Å². The second kappa shape index (κ2) is 10.4. The van der Waals surface area contributed by atoms with Gasteiger partial charge in [-0.25, -0.2) is 0 Å². The number of aliphatic hydroxyl groups excluding tert-OH is 1. The summed E-state index contributed by atoms with van der Waals surface area (Å²) in [5.41, 5.74) is 0.906. The summed E-state index contributed by atoms with van der Waals surface area (Å²) in [7, 11) is 0. The molecule has 1 amide bonds. The van der Waals surface area contributed by atoms with Crippen LogP contribution in [0.2, 0.25) is 0 Å². The van der Waals surface area contributed by atoms with Crippen LogP contribution in [0.15, 0.2) is 30.3 Å². The average Bonchev–Trinajstić information content (AvgIpc) is 2.48. The van der Waals surface area contributed by atoms with Gasteiger partial charge in [0.2, 0.25) is 5.91 Å². The molecular formula is C16H26N2O2. The maximum atomic E-state index is 11.4. The minimum Gasteiger partial charge on any atom is -0.387 e. The normalized spacial score (nSPS) is 12.1. The van der Waals surface area contributed by atoms with E-state index in [1.807, 2.05) is 30.3 Å². The van der Waals surface area contributed by atoms with Crippen molar-refractivity contribution in [1.29, 1.82) is 0 Å². The molecule has 0 aliphatic carbocycles. The largest absolute Gasteiger partial charge is 0.387 e. The predicted octanol–water partition coefficient (Wildman–Crippen LogP) is 2.01. The highest BCUT2D eigenvalue weighted by molar-refractivity contribution is 5.75. The molecule has 0 unspecified atom stereocenters. The zero-order valence-electron chi connectivity index (χ0n) is 12.3. The second-order valence-corrected chi connectivity index (χ2v) is 4.94. The van der Waals surface area contributed by atoms with Gasteiger partial charge < -0.3 is 15.7 Å². The summed E-state index contributed by atoms with van der Waals surface area (Å²) in [6.45, 7) is 3.89. The monoisotopic (exact) mass is 278 g/mol. The lowest BCUT2D eigenvalue weighted by Gasteiger charge is -2.12. The second-order valence-electron chi connectivity index (χ2n) is 4.94. The molecule has 4 heteroatoms. The summed E-state index contributed by atoms with van der Waals surface area (Å²) < 4.78 is 0. The van der Waals surface area contributed by atoms with Gasteiger partial charge in [-0.1, -0.05) is 50.1 Å². The Bertz CT molecular complexity index is 368. The van der Waals surface area contributed by atoms with Gasteiger partial charge in [-0.15, -0.1) is 0 Å². The van der Waals surface area contributed by atoms with E-state index in [2.05, 4.69) is 17.6 Å². The van der Waals surface area contributed by atoms with Crippen LogP contribution in [0.1, 0.15) is 44.3 Å². The first kappa shape index (κ1) is 16.7. The van der Waals surface area contributed by atoms with Crippen molar-refractivity contribution in [2.45, 2.75) is 38.7 Å². The van der Waals surface area contributed by atoms with Gasteiger partial charge in [-0.2, -0.15) is 0 Å². The lowest BCUT2D eigenvalue weighted by atomic mass is 10.1. The van der Waals surface area contributed by atoms with Crippen LogP contribution in [-0.2, 0) is 4.79 Å². The Morgan fingerprint density at radius 2 is 1.95 bits per heavy atom. The molecule has 0 saturated heterocycles. The number of rotatable bonds is 10. The Morgan fingerprint density at radius 3 is 2.65 bits per heavy atom. The van der Waals surface area contributed by atoms with Crippen LogP contribution in [0.5, 0.6) is 0 Å². The molecule has 0 bridgehead atoms. The Kier molecular flexibility index (Phi) is 8.67. The third-order valence-electron chi connectivity index (χ3n) is 3.15. The summed E-state index contributed by atoms with van der Waals surface area (Å²) in [6, 6.07) is 9.56. The van der Waals surface area contributed by atoms with Crippen LogP contribution in [-0.4, -0.2) is 30.6 Å². The first-order chi connectivity index (χ1) is 9.74. The van der Waals surface area contributed by atoms with E-state index >= 15 is 0 Å². The molecule has 1 aromatic carbocycles. The van der Waals surface area contributed by atoms with Crippen LogP contribution in [0.4, 0.5) is 0 Å². The first-order valence-corrected chi connectivity index (χ1v) is 7.44. The molecule has 0 saturated carbocycles. The Labute approximate surface area is 121 Å². The zero-order valence-corrected chi connectivity index (χ0v) is 12.3. The van der Waals surface area contributed by atoms with E-state index in [0.717, 1.165) is 24.8 Å². The van der Waals surface area contributed by atoms with Gasteiger partial charge in [0.15, 0.2) is 0 Å². The summed E-state index contributed by atoms with van der Waals surface area (Å²) in [4.78, 5) is 11.4. The Hall–Kier alpha value is -1.39. The van der Waals surface area contributed by atoms with Crippen molar-refractivity contribution >= 4 is 5.91 Å². The number of hydrogen-bond donors (Lipinski definition) is 3. The molecule has 0 fully saturated rings. The molecule has 0 aliphatic rings. The third kappa shape index (κ3) is 7.26. The number of nitrogens with one attached hydrogen (secondary N) is 2. The summed E-state index contributed by atoms with van der Waals surface area (Å²) >= 11 is 0. The van der Waals surface area contributed by atoms with E-state index in [9.17, 15) is 9.90 Å². The minimum absolute atomic E-state index is 0.115. The van der Waals surface area contributed by atoms with Crippen LogP contribution in [0.25, 0.3) is 0 Å². The van der Waals surface area contributed by atoms with Gasteiger partial charge in [0.1, 0.15) is 0 Å². The predicted molar refractivity (Wildman–Crippen MR) is 81.4 cm³/mol. The van der Waals surface area contributed by atoms with E-state index in [0.29, 0.717) is 26.1 Å². The highest BCUT2D eigenvalue weighted by atomic mass is 16.3. The van der Waals surface area contributed by atoms with Crippen molar-refractivity contribution in [3.8, 4) is 0 Å². The topological polar surface area (TPSA) is 61.4 Å². The first-order valence-electron chi connectivity index (χ1n) is 7.44. The van der Waals surface area contributed by atoms with Crippen LogP contribution in [0, 0.1) is 0 Å². The number of aliphatic hydroxyl groups is 1. The van der Waals surface area contributed by atoms with Crippen molar-refractivity contribution in [2.75, 3.05) is 19.6 Å². The van der Waals surface area contributed by atoms with Crippen molar-refractivity contribution in [3.05, 3.63) is 35.9 Å². The smallest absolute Gasteiger partial charge is 0.220 e. The number of carbonyl (C=O) groups excluding carboxylic acids is 1. The minimum atomic E-state index is -0.503. The van der Waals surface area contributed by atoms with E-state index in [1.165, 1.54) is 0 Å². The van der Waals surface area contributed by atoms with Crippen molar-refractivity contribution in [3.63, 3.8) is 0 Å². The van der Waals surface area contributed by atoms with Crippen molar-refractivity contribution in [2.24, 2.45) is 0 Å². The SMILES string of the molecule is CCCCCC(=O)NCCNC[C@@H](O)c1ccccc1. The molecule has 0 heterocycles. The van der Waals surface area contributed by atoms with E-state index < -0.39 is 6.10 Å². The van der Waals surface area contributed by atoms with Crippen molar-refractivity contribution < 1.29 is 9.90 Å². The maximum absolute atomic E-state index is 11.4. The van der Waals surface area contributed by atoms with Gasteiger partial charge in [0.25, 0.3) is 0 Å². The molecule has 0 aliphatic heterocycles. The Morgan fingerprint density at radius 1 is 1.20 bits per heavy atom. The molecule has 112 valence electrons. The molecule has 0 aromatic heterocycles. The highest BCUT2D eigenvalue weighted by Gasteiger charge is 2.05. The summed E-state index contributed by atoms with van der Waals surface area (Å²) in [5.74, 6) is 0.115. The molecule has 0 spiro atoms. The van der Waals surface area contributed by atoms with Crippen molar-refractivity contribution in [1.82, 2.24) is 10.6 Å². The quantitative estimate of drug-likeness (QED) is 0.574. The average molecular weight is 278 g/mol. The zero-order chi connectivity index (χ0) is 14.6. The van der Waals surface area contributed by atoms with E-state index in [1.54, 1.807) is 0 Å². The number of hydrogen-bond acceptors (Lipinski definition) is 3. The molecule has 4 nitrogen and oxygen atoms in total. The summed E-state index contributed by atoms with van der Waals surface area (Å²) in [6.07, 6.45) is 3.31. The number of carbonyl (C=O) groups is 1. The fourth-order valence-electron chi connectivity index (χ4n) is 1.95. The van der Waals surface area contributed by atoms with Gasteiger partial charge in [-0.05, 0) is 12.0 Å². The lowest BCUT2D eigenvalue weighted by molar-refractivity contribution is -0.121. The fraction of sp³-hybridized carbons (Fsp3) is 0.562. The Balaban J connectivity index is 2.03. The highest BCUT2D eigenvalue weighted by Crippen LogP contribution is 2.10. The standard InChI is InChI=1S/C16H26N2O2/c1-2-3-5-10-16(20)18-12-11-17-13-15(19)14-8-6-4-7-9-14/h4,6-9,15,17,19H,2-3,5,10-13H2,1H3,(H,18,20)/t15-/m1/s1. The third-order valence-corrected chi connectivity index (χ3v) is 3.15. The summed E-state index contributed by atoms with van der Waals surface area (Å²) in [5, 5.41) is 15.9. The molecule has 20 heavy (non-hydrogen) atoms. The molecule has 0 radical (unpaired) electrons. The van der Waals surface area contributed by atoms with Crippen LogP contribution >= 0.6 is 0 Å². The van der Waals surface area contributed by atoms with Crippen LogP contribution < -0.4 is 10.6 Å². The van der Waals surface area contributed by atoms with Gasteiger partial charge in [0, 0.05) is 26.1 Å². The number of amides is 1. The molecule has 1 rings (SSSR count). The van der Waals surface area contributed by atoms with Gasteiger partial charge in [0.05, 0.1) is 6.10 Å². The molecular weight excluding hydrogens is 252 g/mol. The lowest BCUT2D eigenvalue weighted by Crippen LogP contribution is -2.33. The molecule has 1 atom stereocenters. The van der Waals surface area contributed by atoms with Gasteiger partial charge >= 0.3 is 0 Å². The molecule has 3 N–H and O–H groups in total.